The molecule has 0 spiro atoms. The molecule has 14 heavy (non-hydrogen) atoms. The van der Waals surface area contributed by atoms with Crippen LogP contribution in [-0.4, -0.2) is 11.5 Å². The van der Waals surface area contributed by atoms with Gasteiger partial charge in [-0.1, -0.05) is 11.3 Å². The van der Waals surface area contributed by atoms with E-state index in [1.54, 1.807) is 6.07 Å². The summed E-state index contributed by atoms with van der Waals surface area (Å²) >= 11 is 1.15. The fourth-order valence-electron chi connectivity index (χ4n) is 0.916. The van der Waals surface area contributed by atoms with E-state index in [2.05, 4.69) is 5.32 Å². The minimum absolute atomic E-state index is 0.155. The van der Waals surface area contributed by atoms with E-state index in [4.69, 9.17) is 5.26 Å². The van der Waals surface area contributed by atoms with Crippen LogP contribution in [0.2, 0.25) is 0 Å². The second kappa shape index (κ2) is 5.32. The molecule has 0 unspecified atom stereocenters. The summed E-state index contributed by atoms with van der Waals surface area (Å²) in [5, 5.41) is 21.8. The Bertz CT molecular complexity index is 356. The second-order valence-corrected chi connectivity index (χ2v) is 3.73. The molecule has 1 aromatic rings. The van der Waals surface area contributed by atoms with Crippen LogP contribution < -0.4 is 5.32 Å². The zero-order valence-electron chi connectivity index (χ0n) is 7.40. The van der Waals surface area contributed by atoms with Crippen LogP contribution in [0.4, 0.5) is 5.00 Å². The minimum Gasteiger partial charge on any atom is -0.311 e. The van der Waals surface area contributed by atoms with E-state index in [1.807, 2.05) is 6.07 Å². The van der Waals surface area contributed by atoms with Crippen molar-refractivity contribution in [3.63, 3.8) is 0 Å². The molecule has 1 aromatic heterocycles. The summed E-state index contributed by atoms with van der Waals surface area (Å²) in [5.74, 6) is 0. The fraction of sp³-hybridized carbons (Fsp3) is 0.375. The summed E-state index contributed by atoms with van der Waals surface area (Å²) < 4.78 is 0. The first-order valence-electron chi connectivity index (χ1n) is 4.05. The molecule has 0 aromatic carbocycles. The Morgan fingerprint density at radius 1 is 1.64 bits per heavy atom. The number of rotatable bonds is 5. The Hall–Kier alpha value is -1.45. The van der Waals surface area contributed by atoms with Gasteiger partial charge in [0.05, 0.1) is 11.0 Å². The van der Waals surface area contributed by atoms with Crippen LogP contribution in [0.15, 0.2) is 12.1 Å². The van der Waals surface area contributed by atoms with Gasteiger partial charge < -0.3 is 5.32 Å². The van der Waals surface area contributed by atoms with Crippen LogP contribution in [0.3, 0.4) is 0 Å². The lowest BCUT2D eigenvalue weighted by molar-refractivity contribution is -0.380. The third-order valence-electron chi connectivity index (χ3n) is 1.54. The third-order valence-corrected chi connectivity index (χ3v) is 2.58. The average molecular weight is 211 g/mol. The maximum absolute atomic E-state index is 10.3. The Labute approximate surface area is 85.1 Å². The molecule has 6 heteroatoms. The number of nitrogens with zero attached hydrogens (tertiary/aromatic N) is 2. The smallest absolute Gasteiger partial charge is 0.311 e. The van der Waals surface area contributed by atoms with E-state index in [0.29, 0.717) is 19.5 Å². The van der Waals surface area contributed by atoms with Crippen LogP contribution in [0.1, 0.15) is 11.3 Å². The van der Waals surface area contributed by atoms with Gasteiger partial charge in [-0.2, -0.15) is 5.26 Å². The molecule has 0 atom stereocenters. The summed E-state index contributed by atoms with van der Waals surface area (Å²) in [4.78, 5) is 10.9. The van der Waals surface area contributed by atoms with Crippen LogP contribution >= 0.6 is 11.3 Å². The SMILES string of the molecule is N#CCCNCc1ccc([N+](=O)[O-])s1. The van der Waals surface area contributed by atoms with Crippen LogP contribution in [-0.2, 0) is 6.54 Å². The maximum atomic E-state index is 10.3. The van der Waals surface area contributed by atoms with Gasteiger partial charge in [-0.05, 0) is 6.07 Å². The highest BCUT2D eigenvalue weighted by molar-refractivity contribution is 7.15. The molecule has 0 aliphatic heterocycles. The maximum Gasteiger partial charge on any atom is 0.324 e. The summed E-state index contributed by atoms with van der Waals surface area (Å²) in [6, 6.07) is 5.23. The quantitative estimate of drug-likeness (QED) is 0.456. The Kier molecular flexibility index (Phi) is 4.04. The van der Waals surface area contributed by atoms with Gasteiger partial charge in [-0.25, -0.2) is 0 Å². The Balaban J connectivity index is 2.37. The molecule has 0 aliphatic carbocycles. The van der Waals surface area contributed by atoms with Crippen molar-refractivity contribution >= 4 is 16.3 Å². The van der Waals surface area contributed by atoms with Crippen molar-refractivity contribution in [2.24, 2.45) is 0 Å². The lowest BCUT2D eigenvalue weighted by Gasteiger charge is -1.96. The molecule has 0 saturated carbocycles. The first-order valence-corrected chi connectivity index (χ1v) is 4.86. The van der Waals surface area contributed by atoms with Crippen molar-refractivity contribution < 1.29 is 4.92 Å². The van der Waals surface area contributed by atoms with E-state index in [1.165, 1.54) is 6.07 Å². The van der Waals surface area contributed by atoms with Crippen molar-refractivity contribution in [1.29, 1.82) is 5.26 Å². The number of hydrogen-bond donors (Lipinski definition) is 1. The molecule has 0 bridgehead atoms. The first kappa shape index (κ1) is 10.6. The number of hydrogen-bond acceptors (Lipinski definition) is 5. The summed E-state index contributed by atoms with van der Waals surface area (Å²) in [7, 11) is 0. The van der Waals surface area contributed by atoms with Crippen molar-refractivity contribution in [3.05, 3.63) is 27.1 Å². The van der Waals surface area contributed by atoms with Gasteiger partial charge in [-0.3, -0.25) is 10.1 Å². The van der Waals surface area contributed by atoms with Gasteiger partial charge in [0.1, 0.15) is 0 Å². The van der Waals surface area contributed by atoms with Crippen molar-refractivity contribution in [3.8, 4) is 6.07 Å². The minimum atomic E-state index is -0.399. The fourth-order valence-corrected chi connectivity index (χ4v) is 1.71. The van der Waals surface area contributed by atoms with Gasteiger partial charge in [0, 0.05) is 30.5 Å². The van der Waals surface area contributed by atoms with Gasteiger partial charge in [0.15, 0.2) is 0 Å². The van der Waals surface area contributed by atoms with E-state index < -0.39 is 4.92 Å². The van der Waals surface area contributed by atoms with Gasteiger partial charge in [0.25, 0.3) is 0 Å². The topological polar surface area (TPSA) is 79.0 Å². The molecule has 1 N–H and O–H groups in total. The number of nitriles is 1. The predicted molar refractivity (Wildman–Crippen MR) is 52.9 cm³/mol. The third kappa shape index (κ3) is 3.12. The molecule has 0 aliphatic rings. The van der Waals surface area contributed by atoms with Crippen LogP contribution in [0, 0.1) is 21.4 Å². The van der Waals surface area contributed by atoms with Crippen molar-refractivity contribution in [2.75, 3.05) is 6.54 Å². The molecule has 1 rings (SSSR count). The highest BCUT2D eigenvalue weighted by Gasteiger charge is 2.08. The van der Waals surface area contributed by atoms with Gasteiger partial charge in [-0.15, -0.1) is 0 Å². The normalized spacial score (nSPS) is 9.64. The van der Waals surface area contributed by atoms with Crippen LogP contribution in [0.25, 0.3) is 0 Å². The predicted octanol–water partition coefficient (Wildman–Crippen LogP) is 1.66. The zero-order chi connectivity index (χ0) is 10.4. The summed E-state index contributed by atoms with van der Waals surface area (Å²) in [6.07, 6.45) is 0.452. The molecular formula is C8H9N3O2S. The van der Waals surface area contributed by atoms with E-state index >= 15 is 0 Å². The van der Waals surface area contributed by atoms with E-state index in [0.717, 1.165) is 16.2 Å². The summed E-state index contributed by atoms with van der Waals surface area (Å²) in [5.41, 5.74) is 0. The van der Waals surface area contributed by atoms with Crippen molar-refractivity contribution in [1.82, 2.24) is 5.32 Å². The first-order chi connectivity index (χ1) is 6.74. The Morgan fingerprint density at radius 2 is 2.43 bits per heavy atom. The standard InChI is InChI=1S/C8H9N3O2S/c9-4-1-5-10-6-7-2-3-8(14-7)11(12)13/h2-3,10H,1,5-6H2. The molecule has 0 radical (unpaired) electrons. The molecular weight excluding hydrogens is 202 g/mol. The van der Waals surface area contributed by atoms with Gasteiger partial charge >= 0.3 is 5.00 Å². The molecule has 5 nitrogen and oxygen atoms in total. The molecule has 0 fully saturated rings. The second-order valence-electron chi connectivity index (χ2n) is 2.58. The number of nitro groups is 1. The highest BCUT2D eigenvalue weighted by atomic mass is 32.1. The highest BCUT2D eigenvalue weighted by Crippen LogP contribution is 2.23. The number of nitrogens with one attached hydrogen (secondary N) is 1. The van der Waals surface area contributed by atoms with E-state index in [9.17, 15) is 10.1 Å². The zero-order valence-corrected chi connectivity index (χ0v) is 8.21. The molecule has 0 saturated heterocycles. The largest absolute Gasteiger partial charge is 0.324 e. The van der Waals surface area contributed by atoms with E-state index in [-0.39, 0.29) is 5.00 Å². The molecule has 74 valence electrons. The molecule has 0 amide bonds. The average Bonchev–Trinajstić information content (AvgIpc) is 2.61. The molecule has 1 heterocycles. The lowest BCUT2D eigenvalue weighted by atomic mass is 10.4. The lowest BCUT2D eigenvalue weighted by Crippen LogP contribution is -2.12. The monoisotopic (exact) mass is 211 g/mol. The summed E-state index contributed by atoms with van der Waals surface area (Å²) in [6.45, 7) is 1.20. The van der Waals surface area contributed by atoms with Crippen molar-refractivity contribution in [2.45, 2.75) is 13.0 Å². The van der Waals surface area contributed by atoms with Gasteiger partial charge in [0.2, 0.25) is 0 Å². The Morgan fingerprint density at radius 3 is 3.00 bits per heavy atom. The number of thiophene rings is 1. The van der Waals surface area contributed by atoms with Crippen LogP contribution in [0.5, 0.6) is 0 Å².